The molecular formula is C11H26O4. The number of aliphatic hydroxyl groups is 4. The van der Waals surface area contributed by atoms with Gasteiger partial charge in [-0.3, -0.25) is 0 Å². The first-order chi connectivity index (χ1) is 6.72. The van der Waals surface area contributed by atoms with Gasteiger partial charge in [0.15, 0.2) is 0 Å². The molecule has 94 valence electrons. The van der Waals surface area contributed by atoms with Crippen molar-refractivity contribution in [3.63, 3.8) is 0 Å². The Morgan fingerprint density at radius 1 is 1.20 bits per heavy atom. The number of aliphatic hydroxyl groups excluding tert-OH is 3. The van der Waals surface area contributed by atoms with Gasteiger partial charge in [0, 0.05) is 6.42 Å². The minimum atomic E-state index is -0.728. The van der Waals surface area contributed by atoms with Gasteiger partial charge in [-0.15, -0.1) is 0 Å². The lowest BCUT2D eigenvalue weighted by atomic mass is 10.0. The third kappa shape index (κ3) is 20.0. The van der Waals surface area contributed by atoms with E-state index in [0.29, 0.717) is 12.8 Å². The molecule has 4 heteroatoms. The summed E-state index contributed by atoms with van der Waals surface area (Å²) >= 11 is 0. The lowest BCUT2D eigenvalue weighted by Crippen LogP contribution is -2.24. The van der Waals surface area contributed by atoms with Crippen LogP contribution in [-0.4, -0.2) is 44.8 Å². The molecule has 0 aromatic carbocycles. The SMILES string of the molecule is CC(O)CC(C)(C)O.CCCC(O)CO. The zero-order chi connectivity index (χ0) is 12.5. The van der Waals surface area contributed by atoms with Crippen LogP contribution in [0.25, 0.3) is 0 Å². The van der Waals surface area contributed by atoms with Gasteiger partial charge in [0.1, 0.15) is 0 Å². The summed E-state index contributed by atoms with van der Waals surface area (Å²) in [6.07, 6.45) is 1.17. The van der Waals surface area contributed by atoms with Crippen LogP contribution in [0.1, 0.15) is 47.0 Å². The summed E-state index contributed by atoms with van der Waals surface area (Å²) in [4.78, 5) is 0. The highest BCUT2D eigenvalue weighted by atomic mass is 16.3. The van der Waals surface area contributed by atoms with Crippen LogP contribution in [0.5, 0.6) is 0 Å². The van der Waals surface area contributed by atoms with Crippen molar-refractivity contribution in [1.82, 2.24) is 0 Å². The Hall–Kier alpha value is -0.160. The Kier molecular flexibility index (Phi) is 10.5. The van der Waals surface area contributed by atoms with Gasteiger partial charge in [-0.1, -0.05) is 13.3 Å². The summed E-state index contributed by atoms with van der Waals surface area (Å²) in [6, 6.07) is 0. The molecule has 0 aliphatic carbocycles. The predicted octanol–water partition coefficient (Wildman–Crippen LogP) is 0.668. The van der Waals surface area contributed by atoms with Gasteiger partial charge in [0.05, 0.1) is 24.4 Å². The first-order valence-corrected chi connectivity index (χ1v) is 5.42. The zero-order valence-corrected chi connectivity index (χ0v) is 10.3. The van der Waals surface area contributed by atoms with E-state index < -0.39 is 17.8 Å². The van der Waals surface area contributed by atoms with Gasteiger partial charge in [0.25, 0.3) is 0 Å². The van der Waals surface area contributed by atoms with Crippen LogP contribution < -0.4 is 0 Å². The maximum Gasteiger partial charge on any atom is 0.0770 e. The second kappa shape index (κ2) is 9.09. The Morgan fingerprint density at radius 2 is 1.67 bits per heavy atom. The first kappa shape index (κ1) is 17.2. The molecule has 0 radical (unpaired) electrons. The van der Waals surface area contributed by atoms with Crippen molar-refractivity contribution in [1.29, 1.82) is 0 Å². The second-order valence-corrected chi connectivity index (χ2v) is 4.49. The molecule has 0 saturated heterocycles. The molecule has 15 heavy (non-hydrogen) atoms. The van der Waals surface area contributed by atoms with E-state index in [-0.39, 0.29) is 6.61 Å². The Morgan fingerprint density at radius 3 is 1.73 bits per heavy atom. The average Bonchev–Trinajstić information content (AvgIpc) is 2.01. The van der Waals surface area contributed by atoms with Crippen LogP contribution in [0.2, 0.25) is 0 Å². The molecule has 0 aromatic heterocycles. The molecule has 0 bridgehead atoms. The molecule has 4 N–H and O–H groups in total. The highest BCUT2D eigenvalue weighted by Crippen LogP contribution is 2.09. The van der Waals surface area contributed by atoms with Crippen molar-refractivity contribution < 1.29 is 20.4 Å². The van der Waals surface area contributed by atoms with Crippen molar-refractivity contribution in [2.24, 2.45) is 0 Å². The Labute approximate surface area is 92.6 Å². The van der Waals surface area contributed by atoms with Crippen molar-refractivity contribution in [3.8, 4) is 0 Å². The third-order valence-electron chi connectivity index (χ3n) is 1.63. The van der Waals surface area contributed by atoms with Gasteiger partial charge in [-0.05, 0) is 27.2 Å². The van der Waals surface area contributed by atoms with E-state index in [1.54, 1.807) is 20.8 Å². The molecule has 0 rings (SSSR count). The summed E-state index contributed by atoms with van der Waals surface area (Å²) in [5.74, 6) is 0. The highest BCUT2D eigenvalue weighted by Gasteiger charge is 2.14. The van der Waals surface area contributed by atoms with E-state index in [9.17, 15) is 0 Å². The predicted molar refractivity (Wildman–Crippen MR) is 60.6 cm³/mol. The van der Waals surface area contributed by atoms with E-state index in [1.165, 1.54) is 0 Å². The molecule has 2 atom stereocenters. The monoisotopic (exact) mass is 222 g/mol. The second-order valence-electron chi connectivity index (χ2n) is 4.49. The number of hydrogen-bond donors (Lipinski definition) is 4. The van der Waals surface area contributed by atoms with Crippen LogP contribution in [-0.2, 0) is 0 Å². The van der Waals surface area contributed by atoms with E-state index in [4.69, 9.17) is 20.4 Å². The van der Waals surface area contributed by atoms with Gasteiger partial charge in [-0.2, -0.15) is 0 Å². The van der Waals surface area contributed by atoms with E-state index in [0.717, 1.165) is 6.42 Å². The highest BCUT2D eigenvalue weighted by molar-refractivity contribution is 4.67. The Balaban J connectivity index is 0. The molecule has 0 spiro atoms. The maximum absolute atomic E-state index is 9.03. The van der Waals surface area contributed by atoms with Crippen LogP contribution in [0.15, 0.2) is 0 Å². The van der Waals surface area contributed by atoms with Gasteiger partial charge < -0.3 is 20.4 Å². The van der Waals surface area contributed by atoms with Crippen molar-refractivity contribution >= 4 is 0 Å². The molecule has 0 saturated carbocycles. The normalized spacial score (nSPS) is 15.2. The number of rotatable bonds is 5. The minimum Gasteiger partial charge on any atom is -0.394 e. The largest absolute Gasteiger partial charge is 0.394 e. The molecule has 2 unspecified atom stereocenters. The standard InChI is InChI=1S/C6H14O2.C5H12O2/c1-5(7)4-6(2,3)8;1-2-3-5(7)4-6/h5,7-8H,4H2,1-3H3;5-7H,2-4H2,1H3. The molecule has 0 aromatic rings. The van der Waals surface area contributed by atoms with E-state index in [1.807, 2.05) is 6.92 Å². The van der Waals surface area contributed by atoms with E-state index >= 15 is 0 Å². The summed E-state index contributed by atoms with van der Waals surface area (Å²) in [7, 11) is 0. The van der Waals surface area contributed by atoms with Crippen LogP contribution in [0.4, 0.5) is 0 Å². The van der Waals surface area contributed by atoms with Crippen molar-refractivity contribution in [2.75, 3.05) is 6.61 Å². The Bertz CT molecular complexity index is 129. The lowest BCUT2D eigenvalue weighted by Gasteiger charge is -2.17. The molecular weight excluding hydrogens is 196 g/mol. The quantitative estimate of drug-likeness (QED) is 0.551. The number of hydrogen-bond acceptors (Lipinski definition) is 4. The smallest absolute Gasteiger partial charge is 0.0770 e. The average molecular weight is 222 g/mol. The molecule has 4 nitrogen and oxygen atoms in total. The third-order valence-corrected chi connectivity index (χ3v) is 1.63. The lowest BCUT2D eigenvalue weighted by molar-refractivity contribution is 0.0249. The fraction of sp³-hybridized carbons (Fsp3) is 1.00. The molecule has 0 heterocycles. The summed E-state index contributed by atoms with van der Waals surface area (Å²) in [6.45, 7) is 6.89. The first-order valence-electron chi connectivity index (χ1n) is 5.42. The van der Waals surface area contributed by atoms with E-state index in [2.05, 4.69) is 0 Å². The summed E-state index contributed by atoms with van der Waals surface area (Å²) < 4.78 is 0. The molecule has 0 aliphatic rings. The summed E-state index contributed by atoms with van der Waals surface area (Å²) in [5, 5.41) is 34.6. The fourth-order valence-corrected chi connectivity index (χ4v) is 1.15. The maximum atomic E-state index is 9.03. The van der Waals surface area contributed by atoms with Gasteiger partial charge in [-0.25, -0.2) is 0 Å². The van der Waals surface area contributed by atoms with Crippen LogP contribution >= 0.6 is 0 Å². The van der Waals surface area contributed by atoms with Crippen LogP contribution in [0.3, 0.4) is 0 Å². The van der Waals surface area contributed by atoms with Crippen molar-refractivity contribution in [3.05, 3.63) is 0 Å². The molecule has 0 fully saturated rings. The zero-order valence-electron chi connectivity index (χ0n) is 10.3. The van der Waals surface area contributed by atoms with Gasteiger partial charge in [0.2, 0.25) is 0 Å². The molecule has 0 amide bonds. The minimum absolute atomic E-state index is 0.103. The topological polar surface area (TPSA) is 80.9 Å². The van der Waals surface area contributed by atoms with Gasteiger partial charge >= 0.3 is 0 Å². The van der Waals surface area contributed by atoms with Crippen molar-refractivity contribution in [2.45, 2.75) is 64.8 Å². The van der Waals surface area contributed by atoms with Crippen LogP contribution in [0, 0.1) is 0 Å². The summed E-state index contributed by atoms with van der Waals surface area (Å²) in [5.41, 5.74) is -0.728. The fourth-order valence-electron chi connectivity index (χ4n) is 1.15. The molecule has 0 aliphatic heterocycles.